The van der Waals surface area contributed by atoms with E-state index in [1.54, 1.807) is 12.1 Å². The Morgan fingerprint density at radius 3 is 2.17 bits per heavy atom. The smallest absolute Gasteiger partial charge is 0.156 e. The minimum absolute atomic E-state index is 0.397. The van der Waals surface area contributed by atoms with Gasteiger partial charge in [-0.2, -0.15) is 0 Å². The molecule has 1 rings (SSSR count). The molecule has 3 nitrogen and oxygen atoms in total. The van der Waals surface area contributed by atoms with E-state index in [9.17, 15) is 0 Å². The van der Waals surface area contributed by atoms with Crippen molar-refractivity contribution in [1.82, 2.24) is 4.90 Å². The van der Waals surface area contributed by atoms with Gasteiger partial charge in [-0.25, -0.2) is 0 Å². The number of likely N-dealkylation sites (N-methyl/N-ethyl adjacent to an activating group) is 1. The molecule has 1 aromatic rings. The summed E-state index contributed by atoms with van der Waals surface area (Å²) >= 11 is 17.8. The van der Waals surface area contributed by atoms with Crippen LogP contribution in [0.15, 0.2) is 12.1 Å². The van der Waals surface area contributed by atoms with Gasteiger partial charge in [0.05, 0.1) is 23.3 Å². The first kappa shape index (κ1) is 15.9. The van der Waals surface area contributed by atoms with Crippen molar-refractivity contribution in [2.24, 2.45) is 0 Å². The maximum atomic E-state index is 5.98. The summed E-state index contributed by atoms with van der Waals surface area (Å²) < 4.78 is 10.9. The Labute approximate surface area is 123 Å². The lowest BCUT2D eigenvalue weighted by Crippen LogP contribution is -2.19. The first-order valence-corrected chi connectivity index (χ1v) is 6.64. The number of halogens is 3. The van der Waals surface area contributed by atoms with Gasteiger partial charge in [-0.15, -0.1) is 0 Å². The van der Waals surface area contributed by atoms with Crippen molar-refractivity contribution in [2.45, 2.75) is 0 Å². The molecule has 0 aromatic heterocycles. The lowest BCUT2D eigenvalue weighted by Gasteiger charge is -2.12. The standard InChI is InChI=1S/C12H16Cl3NO2/c1-16(2)3-4-17-5-6-18-12-10(14)7-9(13)8-11(12)15/h7-8H,3-6H2,1-2H3. The minimum atomic E-state index is 0.397. The van der Waals surface area contributed by atoms with Crippen LogP contribution in [0, 0.1) is 0 Å². The fraction of sp³-hybridized carbons (Fsp3) is 0.500. The van der Waals surface area contributed by atoms with Crippen LogP contribution < -0.4 is 4.74 Å². The SMILES string of the molecule is CN(C)CCOCCOc1c(Cl)cc(Cl)cc1Cl. The van der Waals surface area contributed by atoms with Gasteiger partial charge in [0.25, 0.3) is 0 Å². The number of ether oxygens (including phenoxy) is 2. The Bertz CT molecular complexity index is 363. The molecule has 0 atom stereocenters. The number of benzene rings is 1. The molecule has 0 heterocycles. The molecule has 0 N–H and O–H groups in total. The quantitative estimate of drug-likeness (QED) is 0.718. The van der Waals surface area contributed by atoms with Gasteiger partial charge in [-0.3, -0.25) is 0 Å². The third kappa shape index (κ3) is 5.63. The fourth-order valence-corrected chi connectivity index (χ4v) is 2.14. The highest BCUT2D eigenvalue weighted by molar-refractivity contribution is 6.40. The maximum Gasteiger partial charge on any atom is 0.156 e. The monoisotopic (exact) mass is 311 g/mol. The van der Waals surface area contributed by atoms with Crippen molar-refractivity contribution < 1.29 is 9.47 Å². The van der Waals surface area contributed by atoms with E-state index < -0.39 is 0 Å². The topological polar surface area (TPSA) is 21.7 Å². The first-order valence-electron chi connectivity index (χ1n) is 5.50. The number of hydrogen-bond acceptors (Lipinski definition) is 3. The molecular weight excluding hydrogens is 296 g/mol. The molecule has 1 aromatic carbocycles. The van der Waals surface area contributed by atoms with Crippen molar-refractivity contribution >= 4 is 34.8 Å². The molecule has 0 radical (unpaired) electrons. The van der Waals surface area contributed by atoms with E-state index in [-0.39, 0.29) is 0 Å². The van der Waals surface area contributed by atoms with Crippen LogP contribution in [0.25, 0.3) is 0 Å². The molecule has 0 saturated heterocycles. The van der Waals surface area contributed by atoms with E-state index in [2.05, 4.69) is 0 Å². The second kappa shape index (κ2) is 8.08. The summed E-state index contributed by atoms with van der Waals surface area (Å²) in [6.07, 6.45) is 0. The predicted octanol–water partition coefficient (Wildman–Crippen LogP) is 3.60. The van der Waals surface area contributed by atoms with Crippen molar-refractivity contribution in [2.75, 3.05) is 40.5 Å². The summed E-state index contributed by atoms with van der Waals surface area (Å²) in [5, 5.41) is 1.29. The molecule has 6 heteroatoms. The van der Waals surface area contributed by atoms with Crippen LogP contribution in [0.3, 0.4) is 0 Å². The molecule has 0 bridgehead atoms. The van der Waals surface area contributed by atoms with E-state index >= 15 is 0 Å². The maximum absolute atomic E-state index is 5.98. The zero-order valence-electron chi connectivity index (χ0n) is 10.4. The zero-order valence-corrected chi connectivity index (χ0v) is 12.6. The van der Waals surface area contributed by atoms with Gasteiger partial charge in [0.15, 0.2) is 5.75 Å². The summed E-state index contributed by atoms with van der Waals surface area (Å²) in [6.45, 7) is 2.43. The number of nitrogens with zero attached hydrogens (tertiary/aromatic N) is 1. The highest BCUT2D eigenvalue weighted by Crippen LogP contribution is 2.35. The van der Waals surface area contributed by atoms with Gasteiger partial charge in [0, 0.05) is 11.6 Å². The first-order chi connectivity index (χ1) is 8.50. The third-order valence-corrected chi connectivity index (χ3v) is 2.90. The van der Waals surface area contributed by atoms with Gasteiger partial charge in [0.2, 0.25) is 0 Å². The molecule has 0 fully saturated rings. The average Bonchev–Trinajstić information content (AvgIpc) is 2.25. The van der Waals surface area contributed by atoms with Crippen molar-refractivity contribution in [3.8, 4) is 5.75 Å². The second-order valence-electron chi connectivity index (χ2n) is 3.96. The van der Waals surface area contributed by atoms with Crippen LogP contribution >= 0.6 is 34.8 Å². The summed E-state index contributed by atoms with van der Waals surface area (Å²) in [5.74, 6) is 0.443. The Kier molecular flexibility index (Phi) is 7.12. The van der Waals surface area contributed by atoms with Gasteiger partial charge in [0.1, 0.15) is 6.61 Å². The molecule has 0 aliphatic carbocycles. The molecule has 0 unspecified atom stereocenters. The van der Waals surface area contributed by atoms with Crippen molar-refractivity contribution in [3.05, 3.63) is 27.2 Å². The lowest BCUT2D eigenvalue weighted by molar-refractivity contribution is 0.0890. The summed E-state index contributed by atoms with van der Waals surface area (Å²) in [4.78, 5) is 2.05. The number of rotatable bonds is 7. The predicted molar refractivity (Wildman–Crippen MR) is 76.3 cm³/mol. The van der Waals surface area contributed by atoms with Crippen LogP contribution in [0.1, 0.15) is 0 Å². The highest BCUT2D eigenvalue weighted by atomic mass is 35.5. The Morgan fingerprint density at radius 2 is 1.61 bits per heavy atom. The normalized spacial score (nSPS) is 11.0. The molecule has 0 saturated carbocycles. The average molecular weight is 313 g/mol. The fourth-order valence-electron chi connectivity index (χ4n) is 1.22. The van der Waals surface area contributed by atoms with E-state index in [1.807, 2.05) is 19.0 Å². The second-order valence-corrected chi connectivity index (χ2v) is 5.21. The van der Waals surface area contributed by atoms with E-state index in [4.69, 9.17) is 44.3 Å². The summed E-state index contributed by atoms with van der Waals surface area (Å²) in [6, 6.07) is 3.19. The largest absolute Gasteiger partial charge is 0.488 e. The Hall–Kier alpha value is -0.190. The lowest BCUT2D eigenvalue weighted by atomic mass is 10.3. The highest BCUT2D eigenvalue weighted by Gasteiger charge is 2.08. The van der Waals surface area contributed by atoms with Gasteiger partial charge in [-0.05, 0) is 26.2 Å². The number of hydrogen-bond donors (Lipinski definition) is 0. The summed E-state index contributed by atoms with van der Waals surface area (Å²) in [5.41, 5.74) is 0. The van der Waals surface area contributed by atoms with Crippen LogP contribution in [-0.2, 0) is 4.74 Å². The van der Waals surface area contributed by atoms with E-state index in [0.29, 0.717) is 40.6 Å². The van der Waals surface area contributed by atoms with Crippen LogP contribution in [-0.4, -0.2) is 45.4 Å². The molecular formula is C12H16Cl3NO2. The van der Waals surface area contributed by atoms with Crippen molar-refractivity contribution in [1.29, 1.82) is 0 Å². The van der Waals surface area contributed by atoms with Gasteiger partial charge < -0.3 is 14.4 Å². The molecule has 0 aliphatic heterocycles. The molecule has 0 aliphatic rings. The van der Waals surface area contributed by atoms with Crippen LogP contribution in [0.2, 0.25) is 15.1 Å². The minimum Gasteiger partial charge on any atom is -0.488 e. The molecule has 18 heavy (non-hydrogen) atoms. The van der Waals surface area contributed by atoms with Crippen LogP contribution in [0.5, 0.6) is 5.75 Å². The van der Waals surface area contributed by atoms with E-state index in [1.165, 1.54) is 0 Å². The molecule has 102 valence electrons. The molecule has 0 amide bonds. The summed E-state index contributed by atoms with van der Waals surface area (Å²) in [7, 11) is 3.99. The molecule has 0 spiro atoms. The van der Waals surface area contributed by atoms with Crippen molar-refractivity contribution in [3.63, 3.8) is 0 Å². The zero-order chi connectivity index (χ0) is 13.5. The third-order valence-electron chi connectivity index (χ3n) is 2.12. The Balaban J connectivity index is 2.31. The van der Waals surface area contributed by atoms with E-state index in [0.717, 1.165) is 6.54 Å². The van der Waals surface area contributed by atoms with Crippen LogP contribution in [0.4, 0.5) is 0 Å². The van der Waals surface area contributed by atoms with Gasteiger partial charge in [-0.1, -0.05) is 34.8 Å². The van der Waals surface area contributed by atoms with Gasteiger partial charge >= 0.3 is 0 Å². The Morgan fingerprint density at radius 1 is 1.00 bits per heavy atom.